The van der Waals surface area contributed by atoms with Gasteiger partial charge in [0, 0.05) is 55.0 Å². The zero-order valence-corrected chi connectivity index (χ0v) is 19.2. The molecule has 0 saturated heterocycles. The summed E-state index contributed by atoms with van der Waals surface area (Å²) in [7, 11) is 0. The Labute approximate surface area is 199 Å². The number of aromatic nitrogens is 4. The van der Waals surface area contributed by atoms with Crippen LogP contribution >= 0.6 is 23.2 Å². The van der Waals surface area contributed by atoms with Crippen LogP contribution < -0.4 is 10.5 Å². The van der Waals surface area contributed by atoms with Crippen molar-refractivity contribution in [2.24, 2.45) is 5.73 Å². The van der Waals surface area contributed by atoms with Crippen molar-refractivity contribution in [1.29, 1.82) is 0 Å². The van der Waals surface area contributed by atoms with E-state index in [9.17, 15) is 0 Å². The molecule has 0 aliphatic carbocycles. The Morgan fingerprint density at radius 3 is 2.58 bits per heavy atom. The predicted molar refractivity (Wildman–Crippen MR) is 136 cm³/mol. The molecule has 0 unspecified atom stereocenters. The number of halogens is 2. The lowest BCUT2D eigenvalue weighted by Gasteiger charge is -2.13. The van der Waals surface area contributed by atoms with E-state index in [1.165, 1.54) is 0 Å². The first-order valence-corrected chi connectivity index (χ1v) is 11.6. The summed E-state index contributed by atoms with van der Waals surface area (Å²) in [5.74, 6) is 1.65. The number of fused-ring (bicyclic) bond motifs is 6. The van der Waals surface area contributed by atoms with Crippen molar-refractivity contribution in [3.05, 3.63) is 70.7 Å². The van der Waals surface area contributed by atoms with Gasteiger partial charge in [-0.25, -0.2) is 4.98 Å². The van der Waals surface area contributed by atoms with E-state index in [0.29, 0.717) is 29.7 Å². The van der Waals surface area contributed by atoms with E-state index >= 15 is 0 Å². The molecule has 6 nitrogen and oxygen atoms in total. The van der Waals surface area contributed by atoms with Crippen LogP contribution in [-0.2, 0) is 6.54 Å². The molecule has 0 atom stereocenters. The molecule has 6 aromatic rings. The summed E-state index contributed by atoms with van der Waals surface area (Å²) < 4.78 is 8.66. The van der Waals surface area contributed by atoms with Gasteiger partial charge in [-0.1, -0.05) is 23.2 Å². The zero-order valence-electron chi connectivity index (χ0n) is 17.7. The molecule has 8 heteroatoms. The molecule has 0 fully saturated rings. The van der Waals surface area contributed by atoms with E-state index in [4.69, 9.17) is 33.7 Å². The zero-order chi connectivity index (χ0) is 22.5. The van der Waals surface area contributed by atoms with E-state index in [0.717, 1.165) is 61.6 Å². The summed E-state index contributed by atoms with van der Waals surface area (Å²) in [6, 6.07) is 14.0. The van der Waals surface area contributed by atoms with Gasteiger partial charge in [0.1, 0.15) is 5.82 Å². The number of benzene rings is 3. The fraction of sp³-hybridized carbons (Fsp3) is 0.160. The Balaban J connectivity index is 1.75. The number of nitrogens with two attached hydrogens (primary N) is 1. The van der Waals surface area contributed by atoms with Crippen LogP contribution in [0, 0.1) is 0 Å². The van der Waals surface area contributed by atoms with Crippen LogP contribution in [0.25, 0.3) is 43.6 Å². The molecule has 0 amide bonds. The Morgan fingerprint density at radius 1 is 0.970 bits per heavy atom. The number of hydrogen-bond acceptors (Lipinski definition) is 3. The number of rotatable bonds is 6. The van der Waals surface area contributed by atoms with Crippen LogP contribution in [-0.4, -0.2) is 32.7 Å². The topological polar surface area (TPSA) is 84.7 Å². The van der Waals surface area contributed by atoms with Gasteiger partial charge in [0.15, 0.2) is 5.75 Å². The highest BCUT2D eigenvalue weighted by molar-refractivity contribution is 6.33. The maximum Gasteiger partial charge on any atom is 0.167 e. The predicted octanol–water partition coefficient (Wildman–Crippen LogP) is 6.23. The highest BCUT2D eigenvalue weighted by atomic mass is 35.5. The molecular weight excluding hydrogens is 457 g/mol. The number of hydrogen-bond donors (Lipinski definition) is 3. The fourth-order valence-electron chi connectivity index (χ4n) is 4.62. The number of aromatic amines is 2. The van der Waals surface area contributed by atoms with E-state index in [1.54, 1.807) is 6.20 Å². The van der Waals surface area contributed by atoms with Gasteiger partial charge in [-0.15, -0.1) is 0 Å². The minimum Gasteiger partial charge on any atom is -0.489 e. The number of nitrogens with zero attached hydrogens (tertiary/aromatic N) is 2. The van der Waals surface area contributed by atoms with Crippen LogP contribution in [0.5, 0.6) is 5.75 Å². The van der Waals surface area contributed by atoms with Crippen molar-refractivity contribution in [3.63, 3.8) is 0 Å². The van der Waals surface area contributed by atoms with Crippen molar-refractivity contribution in [2.75, 3.05) is 13.2 Å². The van der Waals surface area contributed by atoms with Crippen molar-refractivity contribution in [3.8, 4) is 5.75 Å². The first kappa shape index (κ1) is 20.4. The molecule has 4 N–H and O–H groups in total. The average Bonchev–Trinajstić information content (AvgIpc) is 3.51. The standard InChI is InChI=1S/C25H21Cl2N5O/c26-14-2-4-20-16(10-14)18-12-19-17-11-15(27)3-5-21(17)32(13-22-29-7-8-30-22)24(19)25(23(18)31-20)33-9-1-6-28/h2-5,7-8,10-12,31H,1,6,9,13,28H2,(H,29,30). The normalized spacial score (nSPS) is 12.0. The molecule has 33 heavy (non-hydrogen) atoms. The molecule has 0 spiro atoms. The summed E-state index contributed by atoms with van der Waals surface area (Å²) in [5, 5.41) is 5.61. The van der Waals surface area contributed by atoms with Crippen LogP contribution in [0.1, 0.15) is 12.2 Å². The minimum absolute atomic E-state index is 0.518. The van der Waals surface area contributed by atoms with Gasteiger partial charge in [0.2, 0.25) is 0 Å². The maximum atomic E-state index is 6.43. The SMILES string of the molecule is NCCCOc1c2[nH]c3ccc(Cl)cc3c2cc2c3cc(Cl)ccc3n(Cc3ncc[nH]3)c12. The molecule has 6 rings (SSSR count). The third-order valence-corrected chi connectivity index (χ3v) is 6.52. The lowest BCUT2D eigenvalue weighted by atomic mass is 10.1. The van der Waals surface area contributed by atoms with Gasteiger partial charge in [-0.05, 0) is 55.4 Å². The van der Waals surface area contributed by atoms with Crippen molar-refractivity contribution in [1.82, 2.24) is 19.5 Å². The highest BCUT2D eigenvalue weighted by Gasteiger charge is 2.21. The largest absolute Gasteiger partial charge is 0.489 e. The molecule has 3 heterocycles. The van der Waals surface area contributed by atoms with Crippen LogP contribution in [0.4, 0.5) is 0 Å². The van der Waals surface area contributed by atoms with Crippen LogP contribution in [0.15, 0.2) is 54.9 Å². The highest BCUT2D eigenvalue weighted by Crippen LogP contribution is 2.43. The van der Waals surface area contributed by atoms with E-state index in [1.807, 2.05) is 42.6 Å². The van der Waals surface area contributed by atoms with Gasteiger partial charge in [-0.3, -0.25) is 0 Å². The minimum atomic E-state index is 0.518. The number of imidazole rings is 1. The molecular formula is C25H21Cl2N5O. The molecule has 0 saturated carbocycles. The quantitative estimate of drug-likeness (QED) is 0.248. The summed E-state index contributed by atoms with van der Waals surface area (Å²) in [5.41, 5.74) is 9.75. The Hall–Kier alpha value is -3.19. The molecule has 3 aromatic carbocycles. The number of nitrogens with one attached hydrogen (secondary N) is 2. The maximum absolute atomic E-state index is 6.43. The lowest BCUT2D eigenvalue weighted by Crippen LogP contribution is -2.08. The molecule has 0 bridgehead atoms. The number of ether oxygens (including phenoxy) is 1. The molecule has 0 aliphatic rings. The van der Waals surface area contributed by atoms with Gasteiger partial charge in [0.05, 0.1) is 24.2 Å². The van der Waals surface area contributed by atoms with Gasteiger partial charge >= 0.3 is 0 Å². The van der Waals surface area contributed by atoms with Gasteiger partial charge in [-0.2, -0.15) is 0 Å². The third-order valence-electron chi connectivity index (χ3n) is 6.05. The smallest absolute Gasteiger partial charge is 0.167 e. The summed E-state index contributed by atoms with van der Waals surface area (Å²) in [6.07, 6.45) is 4.35. The van der Waals surface area contributed by atoms with Gasteiger partial charge in [0.25, 0.3) is 0 Å². The third kappa shape index (κ3) is 3.33. The first-order valence-electron chi connectivity index (χ1n) is 10.8. The Bertz CT molecular complexity index is 1630. The van der Waals surface area contributed by atoms with Crippen molar-refractivity contribution >= 4 is 66.8 Å². The molecule has 3 aromatic heterocycles. The molecule has 0 radical (unpaired) electrons. The fourth-order valence-corrected chi connectivity index (χ4v) is 4.96. The van der Waals surface area contributed by atoms with Crippen LogP contribution in [0.3, 0.4) is 0 Å². The summed E-state index contributed by atoms with van der Waals surface area (Å²) >= 11 is 12.8. The lowest BCUT2D eigenvalue weighted by molar-refractivity contribution is 0.319. The van der Waals surface area contributed by atoms with E-state index in [2.05, 4.69) is 25.6 Å². The monoisotopic (exact) mass is 477 g/mol. The second-order valence-electron chi connectivity index (χ2n) is 8.11. The Morgan fingerprint density at radius 2 is 1.79 bits per heavy atom. The average molecular weight is 478 g/mol. The molecule has 0 aliphatic heterocycles. The van der Waals surface area contributed by atoms with E-state index < -0.39 is 0 Å². The van der Waals surface area contributed by atoms with Crippen LogP contribution in [0.2, 0.25) is 10.0 Å². The van der Waals surface area contributed by atoms with E-state index in [-0.39, 0.29) is 0 Å². The Kier molecular flexibility index (Phi) is 4.94. The second-order valence-corrected chi connectivity index (χ2v) is 8.99. The van der Waals surface area contributed by atoms with Gasteiger partial charge < -0.3 is 25.0 Å². The summed E-state index contributed by atoms with van der Waals surface area (Å²) in [4.78, 5) is 11.2. The van der Waals surface area contributed by atoms with Crippen molar-refractivity contribution in [2.45, 2.75) is 13.0 Å². The number of H-pyrrole nitrogens is 2. The summed E-state index contributed by atoms with van der Waals surface area (Å²) in [6.45, 7) is 1.65. The molecule has 166 valence electrons. The second kappa shape index (κ2) is 7.99. The first-order chi connectivity index (χ1) is 16.1. The van der Waals surface area contributed by atoms with Crippen molar-refractivity contribution < 1.29 is 4.74 Å².